The van der Waals surface area contributed by atoms with Crippen molar-refractivity contribution in [3.63, 3.8) is 0 Å². The number of anilines is 1. The van der Waals surface area contributed by atoms with Crippen molar-refractivity contribution >= 4 is 27.4 Å². The summed E-state index contributed by atoms with van der Waals surface area (Å²) in [5.41, 5.74) is 0.856. The van der Waals surface area contributed by atoms with Gasteiger partial charge in [-0.2, -0.15) is 0 Å². The molecule has 0 unspecified atom stereocenters. The van der Waals surface area contributed by atoms with Crippen molar-refractivity contribution in [2.75, 3.05) is 16.8 Å². The number of hydrogen-bond acceptors (Lipinski definition) is 4. The quantitative estimate of drug-likeness (QED) is 0.811. The zero-order chi connectivity index (χ0) is 13.1. The van der Waals surface area contributed by atoms with Gasteiger partial charge in [-0.25, -0.2) is 4.98 Å². The molecule has 6 heteroatoms. The van der Waals surface area contributed by atoms with Crippen LogP contribution >= 0.6 is 15.9 Å². The van der Waals surface area contributed by atoms with E-state index in [2.05, 4.69) is 36.0 Å². The molecule has 5 nitrogen and oxygen atoms in total. The first-order valence-corrected chi connectivity index (χ1v) is 7.99. The SMILES string of the molecule is BrCCN(c1nccn2cnnc12)C1CCCCC1. The number of hydrogen-bond donors (Lipinski definition) is 0. The van der Waals surface area contributed by atoms with Gasteiger partial charge >= 0.3 is 0 Å². The number of aromatic nitrogens is 4. The lowest BCUT2D eigenvalue weighted by Crippen LogP contribution is -2.39. The van der Waals surface area contributed by atoms with E-state index in [4.69, 9.17) is 0 Å². The minimum absolute atomic E-state index is 0.585. The largest absolute Gasteiger partial charge is 0.350 e. The van der Waals surface area contributed by atoms with Crippen LogP contribution in [0.3, 0.4) is 0 Å². The Hall–Kier alpha value is -1.17. The molecule has 0 N–H and O–H groups in total. The van der Waals surface area contributed by atoms with Crippen LogP contribution in [-0.4, -0.2) is 37.5 Å². The first-order chi connectivity index (χ1) is 9.40. The number of alkyl halides is 1. The van der Waals surface area contributed by atoms with Crippen molar-refractivity contribution in [3.8, 4) is 0 Å². The molecule has 102 valence electrons. The fraction of sp³-hybridized carbons (Fsp3) is 0.615. The second-order valence-electron chi connectivity index (χ2n) is 4.99. The second-order valence-corrected chi connectivity index (χ2v) is 5.78. The Bertz CT molecular complexity index is 535. The summed E-state index contributed by atoms with van der Waals surface area (Å²) in [4.78, 5) is 6.96. The van der Waals surface area contributed by atoms with Gasteiger partial charge in [0, 0.05) is 30.3 Å². The average Bonchev–Trinajstić information content (AvgIpc) is 2.94. The minimum Gasteiger partial charge on any atom is -0.350 e. The zero-order valence-corrected chi connectivity index (χ0v) is 12.5. The number of nitrogens with zero attached hydrogens (tertiary/aromatic N) is 5. The summed E-state index contributed by atoms with van der Waals surface area (Å²) in [6, 6.07) is 0.585. The van der Waals surface area contributed by atoms with Crippen LogP contribution in [0.1, 0.15) is 32.1 Å². The van der Waals surface area contributed by atoms with E-state index in [1.54, 1.807) is 6.33 Å². The third-order valence-corrected chi connectivity index (χ3v) is 4.16. The first kappa shape index (κ1) is 12.8. The van der Waals surface area contributed by atoms with Crippen LogP contribution in [0.15, 0.2) is 18.7 Å². The third-order valence-electron chi connectivity index (χ3n) is 3.81. The van der Waals surface area contributed by atoms with E-state index in [1.165, 1.54) is 32.1 Å². The maximum absolute atomic E-state index is 4.56. The molecule has 1 saturated carbocycles. The number of rotatable bonds is 4. The van der Waals surface area contributed by atoms with Crippen molar-refractivity contribution in [2.24, 2.45) is 0 Å². The van der Waals surface area contributed by atoms with Crippen molar-refractivity contribution in [1.29, 1.82) is 0 Å². The van der Waals surface area contributed by atoms with Gasteiger partial charge in [0.15, 0.2) is 5.82 Å². The van der Waals surface area contributed by atoms with Crippen LogP contribution in [0.25, 0.3) is 5.65 Å². The highest BCUT2D eigenvalue weighted by molar-refractivity contribution is 9.09. The van der Waals surface area contributed by atoms with Gasteiger partial charge in [-0.3, -0.25) is 4.40 Å². The van der Waals surface area contributed by atoms with E-state index in [0.29, 0.717) is 6.04 Å². The predicted octanol–water partition coefficient (Wildman–Crippen LogP) is 2.66. The summed E-state index contributed by atoms with van der Waals surface area (Å²) >= 11 is 3.56. The Labute approximate surface area is 121 Å². The van der Waals surface area contributed by atoms with Crippen molar-refractivity contribution in [1.82, 2.24) is 19.6 Å². The molecule has 0 aromatic carbocycles. The Kier molecular flexibility index (Phi) is 3.96. The summed E-state index contributed by atoms with van der Waals surface area (Å²) in [5, 5.41) is 9.14. The van der Waals surface area contributed by atoms with E-state index < -0.39 is 0 Å². The monoisotopic (exact) mass is 323 g/mol. The molecule has 2 aromatic rings. The van der Waals surface area contributed by atoms with Crippen molar-refractivity contribution in [2.45, 2.75) is 38.1 Å². The van der Waals surface area contributed by atoms with E-state index in [1.807, 2.05) is 16.8 Å². The lowest BCUT2D eigenvalue weighted by atomic mass is 9.94. The Balaban J connectivity index is 1.96. The van der Waals surface area contributed by atoms with Crippen LogP contribution in [0.5, 0.6) is 0 Å². The molecule has 0 bridgehead atoms. The summed E-state index contributed by atoms with van der Waals surface area (Å²) in [5.74, 6) is 0.964. The van der Waals surface area contributed by atoms with Crippen molar-refractivity contribution in [3.05, 3.63) is 18.7 Å². The fourth-order valence-electron chi connectivity index (χ4n) is 2.89. The summed E-state index contributed by atoms with van der Waals surface area (Å²) in [6.45, 7) is 0.962. The molecule has 1 aliphatic rings. The fourth-order valence-corrected chi connectivity index (χ4v) is 3.28. The molecule has 1 fully saturated rings. The van der Waals surface area contributed by atoms with E-state index >= 15 is 0 Å². The highest BCUT2D eigenvalue weighted by Crippen LogP contribution is 2.27. The van der Waals surface area contributed by atoms with Gasteiger partial charge in [0.1, 0.15) is 6.33 Å². The molecule has 0 aliphatic heterocycles. The maximum atomic E-state index is 4.56. The topological polar surface area (TPSA) is 46.3 Å². The highest BCUT2D eigenvalue weighted by Gasteiger charge is 2.24. The van der Waals surface area contributed by atoms with E-state index in [-0.39, 0.29) is 0 Å². The number of halogens is 1. The van der Waals surface area contributed by atoms with E-state index in [0.717, 1.165) is 23.3 Å². The average molecular weight is 324 g/mol. The van der Waals surface area contributed by atoms with Crippen LogP contribution in [0.2, 0.25) is 0 Å². The van der Waals surface area contributed by atoms with Crippen LogP contribution in [0.4, 0.5) is 5.82 Å². The van der Waals surface area contributed by atoms with Gasteiger partial charge in [-0.15, -0.1) is 10.2 Å². The van der Waals surface area contributed by atoms with Gasteiger partial charge in [0.2, 0.25) is 5.65 Å². The molecular weight excluding hydrogens is 306 g/mol. The molecule has 0 atom stereocenters. The molecule has 0 saturated heterocycles. The van der Waals surface area contributed by atoms with Crippen molar-refractivity contribution < 1.29 is 0 Å². The molecule has 1 aliphatic carbocycles. The zero-order valence-electron chi connectivity index (χ0n) is 10.9. The molecular formula is C13H18BrN5. The molecule has 2 heterocycles. The van der Waals surface area contributed by atoms with Crippen LogP contribution < -0.4 is 4.90 Å². The first-order valence-electron chi connectivity index (χ1n) is 6.87. The molecule has 0 radical (unpaired) electrons. The van der Waals surface area contributed by atoms with Gasteiger partial charge in [0.25, 0.3) is 0 Å². The highest BCUT2D eigenvalue weighted by atomic mass is 79.9. The number of fused-ring (bicyclic) bond motifs is 1. The summed E-state index contributed by atoms with van der Waals surface area (Å²) in [6.07, 6.45) is 12.0. The lowest BCUT2D eigenvalue weighted by Gasteiger charge is -2.34. The molecule has 2 aromatic heterocycles. The second kappa shape index (κ2) is 5.86. The molecule has 0 amide bonds. The summed E-state index contributed by atoms with van der Waals surface area (Å²) in [7, 11) is 0. The van der Waals surface area contributed by atoms with Gasteiger partial charge in [-0.05, 0) is 12.8 Å². The Morgan fingerprint density at radius 1 is 1.32 bits per heavy atom. The predicted molar refractivity (Wildman–Crippen MR) is 78.8 cm³/mol. The third kappa shape index (κ3) is 2.59. The van der Waals surface area contributed by atoms with E-state index in [9.17, 15) is 0 Å². The molecule has 3 rings (SSSR count). The molecule has 19 heavy (non-hydrogen) atoms. The lowest BCUT2D eigenvalue weighted by molar-refractivity contribution is 0.417. The summed E-state index contributed by atoms with van der Waals surface area (Å²) < 4.78 is 1.94. The van der Waals surface area contributed by atoms with Gasteiger partial charge in [-0.1, -0.05) is 35.2 Å². The molecule has 0 spiro atoms. The Morgan fingerprint density at radius 3 is 2.95 bits per heavy atom. The van der Waals surface area contributed by atoms with Gasteiger partial charge < -0.3 is 4.90 Å². The standard InChI is InChI=1S/C13H18BrN5/c14-6-8-19(11-4-2-1-3-5-11)12-13-17-16-10-18(13)9-7-15-12/h7,9-11H,1-6,8H2. The van der Waals surface area contributed by atoms with Gasteiger partial charge in [0.05, 0.1) is 0 Å². The minimum atomic E-state index is 0.585. The van der Waals surface area contributed by atoms with Crippen LogP contribution in [0, 0.1) is 0 Å². The maximum Gasteiger partial charge on any atom is 0.203 e. The normalized spacial score (nSPS) is 16.9. The Morgan fingerprint density at radius 2 is 2.16 bits per heavy atom. The van der Waals surface area contributed by atoms with Crippen LogP contribution in [-0.2, 0) is 0 Å². The smallest absolute Gasteiger partial charge is 0.203 e.